The van der Waals surface area contributed by atoms with E-state index >= 15 is 0 Å². The maximum Gasteiger partial charge on any atom is 0.257 e. The van der Waals surface area contributed by atoms with Gasteiger partial charge in [0.2, 0.25) is 0 Å². The van der Waals surface area contributed by atoms with Gasteiger partial charge in [0.05, 0.1) is 7.11 Å². The predicted molar refractivity (Wildman–Crippen MR) is 80.5 cm³/mol. The van der Waals surface area contributed by atoms with Crippen LogP contribution in [0.2, 0.25) is 0 Å². The molecule has 0 saturated carbocycles. The largest absolute Gasteiger partial charge is 0.497 e. The fraction of sp³-hybridized carbons (Fsp3) is 0.312. The van der Waals surface area contributed by atoms with Crippen LogP contribution in [0.5, 0.6) is 11.5 Å². The Hall–Kier alpha value is -2.43. The number of nitrogens with zero attached hydrogens (tertiary/aromatic N) is 1. The van der Waals surface area contributed by atoms with Crippen LogP contribution in [-0.4, -0.2) is 30.7 Å². The van der Waals surface area contributed by atoms with Crippen LogP contribution in [0.1, 0.15) is 6.42 Å². The molecule has 0 aliphatic heterocycles. The summed E-state index contributed by atoms with van der Waals surface area (Å²) in [5, 5.41) is 2.84. The maximum atomic E-state index is 11.6. The summed E-state index contributed by atoms with van der Waals surface area (Å²) in [6, 6.07) is 11.1. The molecule has 112 valence electrons. The Morgan fingerprint density at radius 1 is 1.14 bits per heavy atom. The molecule has 21 heavy (non-hydrogen) atoms. The molecule has 1 aromatic carbocycles. The van der Waals surface area contributed by atoms with Crippen molar-refractivity contribution in [2.75, 3.05) is 20.3 Å². The minimum atomic E-state index is -0.113. The topological polar surface area (TPSA) is 52.5 Å². The number of benzene rings is 1. The molecule has 0 aliphatic carbocycles. The third kappa shape index (κ3) is 5.22. The molecule has 0 radical (unpaired) electrons. The van der Waals surface area contributed by atoms with Crippen LogP contribution in [0.15, 0.2) is 48.8 Å². The molecule has 0 spiro atoms. The summed E-state index contributed by atoms with van der Waals surface area (Å²) >= 11 is 0. The summed E-state index contributed by atoms with van der Waals surface area (Å²) in [6.07, 6.45) is 4.91. The van der Waals surface area contributed by atoms with E-state index in [1.165, 1.54) is 0 Å². The molecule has 0 unspecified atom stereocenters. The highest BCUT2D eigenvalue weighted by Crippen LogP contribution is 2.16. The molecule has 5 nitrogen and oxygen atoms in total. The summed E-state index contributed by atoms with van der Waals surface area (Å²) < 4.78 is 12.5. The second-order valence-corrected chi connectivity index (χ2v) is 4.59. The Labute approximate surface area is 124 Å². The van der Waals surface area contributed by atoms with Gasteiger partial charge in [0.1, 0.15) is 11.5 Å². The van der Waals surface area contributed by atoms with Crippen LogP contribution < -0.4 is 14.8 Å². The van der Waals surface area contributed by atoms with Crippen molar-refractivity contribution in [2.45, 2.75) is 13.0 Å². The molecule has 1 aromatic heterocycles. The number of amides is 1. The molecule has 1 heterocycles. The van der Waals surface area contributed by atoms with Gasteiger partial charge in [-0.1, -0.05) is 0 Å². The zero-order chi connectivity index (χ0) is 14.9. The summed E-state index contributed by atoms with van der Waals surface area (Å²) in [6.45, 7) is 1.56. The molecule has 1 N–H and O–H groups in total. The molecule has 2 rings (SSSR count). The van der Waals surface area contributed by atoms with Crippen molar-refractivity contribution in [2.24, 2.45) is 0 Å². The smallest absolute Gasteiger partial charge is 0.257 e. The van der Waals surface area contributed by atoms with Gasteiger partial charge >= 0.3 is 0 Å². The van der Waals surface area contributed by atoms with E-state index in [-0.39, 0.29) is 12.5 Å². The van der Waals surface area contributed by atoms with Crippen molar-refractivity contribution in [3.63, 3.8) is 0 Å². The average molecular weight is 288 g/mol. The third-order valence-electron chi connectivity index (χ3n) is 3.01. The van der Waals surface area contributed by atoms with Gasteiger partial charge in [-0.2, -0.15) is 0 Å². The lowest BCUT2D eigenvalue weighted by Crippen LogP contribution is -2.30. The van der Waals surface area contributed by atoms with Crippen LogP contribution >= 0.6 is 0 Å². The van der Waals surface area contributed by atoms with E-state index < -0.39 is 0 Å². The van der Waals surface area contributed by atoms with Crippen LogP contribution in [0, 0.1) is 0 Å². The van der Waals surface area contributed by atoms with E-state index in [0.717, 1.165) is 18.7 Å². The van der Waals surface area contributed by atoms with Crippen LogP contribution in [0.25, 0.3) is 0 Å². The summed E-state index contributed by atoms with van der Waals surface area (Å²) in [4.78, 5) is 11.6. The van der Waals surface area contributed by atoms with Gasteiger partial charge in [-0.15, -0.1) is 0 Å². The lowest BCUT2D eigenvalue weighted by Gasteiger charge is -2.08. The van der Waals surface area contributed by atoms with E-state index in [9.17, 15) is 4.79 Å². The second kappa shape index (κ2) is 7.99. The average Bonchev–Trinajstić information content (AvgIpc) is 3.03. The number of aryl methyl sites for hydroxylation is 1. The first-order valence-corrected chi connectivity index (χ1v) is 6.92. The first-order chi connectivity index (χ1) is 10.3. The van der Waals surface area contributed by atoms with Gasteiger partial charge in [0.15, 0.2) is 6.61 Å². The Morgan fingerprint density at radius 2 is 1.81 bits per heavy atom. The van der Waals surface area contributed by atoms with Crippen molar-refractivity contribution in [1.29, 1.82) is 0 Å². The quantitative estimate of drug-likeness (QED) is 0.757. The molecule has 1 amide bonds. The van der Waals surface area contributed by atoms with Gasteiger partial charge in [0, 0.05) is 25.5 Å². The van der Waals surface area contributed by atoms with Crippen molar-refractivity contribution in [3.8, 4) is 11.5 Å². The van der Waals surface area contributed by atoms with Gasteiger partial charge in [0.25, 0.3) is 5.91 Å². The van der Waals surface area contributed by atoms with E-state index in [2.05, 4.69) is 9.88 Å². The molecule has 0 fully saturated rings. The molecular weight excluding hydrogens is 268 g/mol. The van der Waals surface area contributed by atoms with Crippen molar-refractivity contribution in [1.82, 2.24) is 9.88 Å². The molecule has 0 aliphatic rings. The molecule has 2 aromatic rings. The number of hydrogen-bond acceptors (Lipinski definition) is 3. The monoisotopic (exact) mass is 288 g/mol. The number of nitrogens with one attached hydrogen (secondary N) is 1. The number of ether oxygens (including phenoxy) is 2. The summed E-state index contributed by atoms with van der Waals surface area (Å²) in [7, 11) is 1.61. The van der Waals surface area contributed by atoms with Crippen LogP contribution in [0.3, 0.4) is 0 Å². The fourth-order valence-corrected chi connectivity index (χ4v) is 1.88. The normalized spacial score (nSPS) is 10.1. The molecule has 0 bridgehead atoms. The highest BCUT2D eigenvalue weighted by atomic mass is 16.5. The van der Waals surface area contributed by atoms with Crippen molar-refractivity contribution >= 4 is 5.91 Å². The Morgan fingerprint density at radius 3 is 2.48 bits per heavy atom. The summed E-state index contributed by atoms with van der Waals surface area (Å²) in [5.41, 5.74) is 0. The van der Waals surface area contributed by atoms with E-state index in [0.29, 0.717) is 12.3 Å². The first kappa shape index (κ1) is 15.0. The SMILES string of the molecule is COc1ccc(OCC(=O)NCCCn2cccc2)cc1. The van der Waals surface area contributed by atoms with Gasteiger partial charge in [-0.3, -0.25) is 4.79 Å². The summed E-state index contributed by atoms with van der Waals surface area (Å²) in [5.74, 6) is 1.30. The number of carbonyl (C=O) groups is 1. The first-order valence-electron chi connectivity index (χ1n) is 6.92. The minimum absolute atomic E-state index is 0.0237. The van der Waals surface area contributed by atoms with Gasteiger partial charge < -0.3 is 19.4 Å². The van der Waals surface area contributed by atoms with Gasteiger partial charge in [-0.25, -0.2) is 0 Å². The number of rotatable bonds is 8. The Kier molecular flexibility index (Phi) is 5.70. The second-order valence-electron chi connectivity index (χ2n) is 4.59. The van der Waals surface area contributed by atoms with Gasteiger partial charge in [-0.05, 0) is 42.8 Å². The third-order valence-corrected chi connectivity index (χ3v) is 3.01. The van der Waals surface area contributed by atoms with E-state index in [1.807, 2.05) is 24.5 Å². The standard InChI is InChI=1S/C16H20N2O3/c1-20-14-5-7-15(8-6-14)21-13-16(19)17-9-4-12-18-10-2-3-11-18/h2-3,5-8,10-11H,4,9,12-13H2,1H3,(H,17,19). The van der Waals surface area contributed by atoms with Crippen LogP contribution in [-0.2, 0) is 11.3 Å². The molecular formula is C16H20N2O3. The highest BCUT2D eigenvalue weighted by molar-refractivity contribution is 5.77. The number of carbonyl (C=O) groups excluding carboxylic acids is 1. The van der Waals surface area contributed by atoms with E-state index in [1.54, 1.807) is 31.4 Å². The minimum Gasteiger partial charge on any atom is -0.497 e. The molecule has 5 heteroatoms. The molecule has 0 saturated heterocycles. The highest BCUT2D eigenvalue weighted by Gasteiger charge is 2.02. The molecule has 0 atom stereocenters. The van der Waals surface area contributed by atoms with Crippen molar-refractivity contribution in [3.05, 3.63) is 48.8 Å². The predicted octanol–water partition coefficient (Wildman–Crippen LogP) is 2.08. The number of hydrogen-bond donors (Lipinski definition) is 1. The number of aromatic nitrogens is 1. The zero-order valence-corrected chi connectivity index (χ0v) is 12.1. The zero-order valence-electron chi connectivity index (χ0n) is 12.1. The number of methoxy groups -OCH3 is 1. The van der Waals surface area contributed by atoms with E-state index in [4.69, 9.17) is 9.47 Å². The van der Waals surface area contributed by atoms with Crippen LogP contribution in [0.4, 0.5) is 0 Å². The van der Waals surface area contributed by atoms with Crippen molar-refractivity contribution < 1.29 is 14.3 Å². The lowest BCUT2D eigenvalue weighted by atomic mass is 10.3. The Bertz CT molecular complexity index is 535. The maximum absolute atomic E-state index is 11.6. The fourth-order valence-electron chi connectivity index (χ4n) is 1.88. The lowest BCUT2D eigenvalue weighted by molar-refractivity contribution is -0.123. The Balaban J connectivity index is 1.60.